The van der Waals surface area contributed by atoms with Crippen LogP contribution in [0.1, 0.15) is 40.5 Å². The lowest BCUT2D eigenvalue weighted by Crippen LogP contribution is -2.63. The Kier molecular flexibility index (Phi) is 4.08. The van der Waals surface area contributed by atoms with Gasteiger partial charge in [-0.3, -0.25) is 4.79 Å². The fourth-order valence-corrected chi connectivity index (χ4v) is 3.19. The van der Waals surface area contributed by atoms with Gasteiger partial charge in [0, 0.05) is 6.54 Å². The van der Waals surface area contributed by atoms with Gasteiger partial charge in [0.25, 0.3) is 0 Å². The molecule has 0 spiro atoms. The van der Waals surface area contributed by atoms with Gasteiger partial charge in [0.05, 0.1) is 18.1 Å². The Morgan fingerprint density at radius 2 is 1.73 bits per heavy atom. The summed E-state index contributed by atoms with van der Waals surface area (Å²) in [6.07, 6.45) is -4.49. The van der Waals surface area contributed by atoms with Gasteiger partial charge in [-0.25, -0.2) is 4.79 Å². The van der Waals surface area contributed by atoms with E-state index in [1.54, 1.807) is 27.7 Å². The highest BCUT2D eigenvalue weighted by Gasteiger charge is 2.54. The van der Waals surface area contributed by atoms with Crippen molar-refractivity contribution in [2.24, 2.45) is 0 Å². The third-order valence-electron chi connectivity index (χ3n) is 4.11. The molecule has 0 N–H and O–H groups in total. The van der Waals surface area contributed by atoms with Gasteiger partial charge < -0.3 is 14.5 Å². The molecule has 2 amide bonds. The number of fused-ring (bicyclic) bond motifs is 2. The smallest absolute Gasteiger partial charge is 0.444 e. The average Bonchev–Trinajstić information content (AvgIpc) is 2.66. The number of amides is 2. The minimum absolute atomic E-state index is 0.0778. The quantitative estimate of drug-likeness (QED) is 0.689. The number of piperazine rings is 1. The predicted molar refractivity (Wildman–Crippen MR) is 72.1 cm³/mol. The first kappa shape index (κ1) is 16.9. The molecule has 0 aromatic rings. The number of carbonyl (C=O) groups is 2. The maximum atomic E-state index is 12.7. The normalized spacial score (nSPS) is 28.8. The summed E-state index contributed by atoms with van der Waals surface area (Å²) in [6.45, 7) is 6.93. The van der Waals surface area contributed by atoms with Crippen LogP contribution in [0.15, 0.2) is 0 Å². The van der Waals surface area contributed by atoms with Gasteiger partial charge in [-0.15, -0.1) is 0 Å². The molecule has 22 heavy (non-hydrogen) atoms. The van der Waals surface area contributed by atoms with E-state index in [9.17, 15) is 22.8 Å². The van der Waals surface area contributed by atoms with Crippen LogP contribution in [0.2, 0.25) is 0 Å². The molecule has 0 radical (unpaired) electrons. The Labute approximate surface area is 127 Å². The van der Waals surface area contributed by atoms with Crippen molar-refractivity contribution >= 4 is 12.0 Å². The maximum Gasteiger partial charge on any atom is 0.471 e. The van der Waals surface area contributed by atoms with Crippen molar-refractivity contribution in [3.63, 3.8) is 0 Å². The van der Waals surface area contributed by atoms with Crippen molar-refractivity contribution in [1.82, 2.24) is 9.80 Å². The number of alkyl halides is 3. The van der Waals surface area contributed by atoms with Crippen molar-refractivity contribution < 1.29 is 27.5 Å². The van der Waals surface area contributed by atoms with E-state index in [4.69, 9.17) is 4.74 Å². The van der Waals surface area contributed by atoms with Gasteiger partial charge >= 0.3 is 18.2 Å². The topological polar surface area (TPSA) is 49.9 Å². The molecule has 2 saturated heterocycles. The van der Waals surface area contributed by atoms with Crippen LogP contribution in [0.4, 0.5) is 18.0 Å². The van der Waals surface area contributed by atoms with Crippen LogP contribution in [0, 0.1) is 0 Å². The number of nitrogens with zero attached hydrogens (tertiary/aromatic N) is 2. The molecule has 3 unspecified atom stereocenters. The van der Waals surface area contributed by atoms with Gasteiger partial charge in [0.1, 0.15) is 5.60 Å². The molecule has 2 fully saturated rings. The standard InChI is InChI=1S/C14H21F3N2O3/c1-8-10-6-5-9(19(10)11(20)14(15,16)17)7-18(8)12(21)22-13(2,3)4/h8-10H,5-7H2,1-4H3. The van der Waals surface area contributed by atoms with Gasteiger partial charge in [0.15, 0.2) is 0 Å². The summed E-state index contributed by atoms with van der Waals surface area (Å²) in [5.74, 6) is -1.81. The molecule has 2 heterocycles. The maximum absolute atomic E-state index is 12.7. The highest BCUT2D eigenvalue weighted by atomic mass is 19.4. The lowest BCUT2D eigenvalue weighted by molar-refractivity contribution is -0.192. The van der Waals surface area contributed by atoms with E-state index < -0.39 is 41.9 Å². The first-order valence-electron chi connectivity index (χ1n) is 7.31. The minimum Gasteiger partial charge on any atom is -0.444 e. The number of likely N-dealkylation sites (tertiary alicyclic amines) is 1. The first-order chi connectivity index (χ1) is 9.92. The number of carbonyl (C=O) groups excluding carboxylic acids is 2. The van der Waals surface area contributed by atoms with Crippen molar-refractivity contribution in [1.29, 1.82) is 0 Å². The lowest BCUT2D eigenvalue weighted by Gasteiger charge is -2.45. The van der Waals surface area contributed by atoms with Crippen LogP contribution in [0.5, 0.6) is 0 Å². The van der Waals surface area contributed by atoms with Crippen LogP contribution in [0.3, 0.4) is 0 Å². The molecular weight excluding hydrogens is 301 g/mol. The summed E-state index contributed by atoms with van der Waals surface area (Å²) in [5, 5.41) is 0. The van der Waals surface area contributed by atoms with Crippen LogP contribution < -0.4 is 0 Å². The first-order valence-corrected chi connectivity index (χ1v) is 7.31. The van der Waals surface area contributed by atoms with E-state index in [-0.39, 0.29) is 6.54 Å². The minimum atomic E-state index is -4.88. The third-order valence-corrected chi connectivity index (χ3v) is 4.11. The van der Waals surface area contributed by atoms with Crippen molar-refractivity contribution in [3.05, 3.63) is 0 Å². The molecule has 0 aromatic carbocycles. The van der Waals surface area contributed by atoms with Gasteiger partial charge in [-0.2, -0.15) is 13.2 Å². The van der Waals surface area contributed by atoms with Crippen LogP contribution in [-0.4, -0.2) is 58.2 Å². The Morgan fingerprint density at radius 1 is 1.14 bits per heavy atom. The zero-order valence-electron chi connectivity index (χ0n) is 13.1. The number of rotatable bonds is 0. The number of ether oxygens (including phenoxy) is 1. The molecule has 0 saturated carbocycles. The van der Waals surface area contributed by atoms with Crippen LogP contribution in [-0.2, 0) is 9.53 Å². The number of halogens is 3. The third kappa shape index (κ3) is 3.15. The van der Waals surface area contributed by atoms with E-state index >= 15 is 0 Å². The molecule has 2 bridgehead atoms. The highest BCUT2D eigenvalue weighted by Crippen LogP contribution is 2.37. The Bertz CT molecular complexity index is 473. The van der Waals surface area contributed by atoms with E-state index in [0.29, 0.717) is 12.8 Å². The molecule has 2 rings (SSSR count). The predicted octanol–water partition coefficient (Wildman–Crippen LogP) is 2.55. The van der Waals surface area contributed by atoms with Crippen molar-refractivity contribution in [2.45, 2.75) is 70.4 Å². The summed E-state index contributed by atoms with van der Waals surface area (Å²) >= 11 is 0. The Hall–Kier alpha value is -1.47. The van der Waals surface area contributed by atoms with E-state index in [2.05, 4.69) is 0 Å². The molecule has 126 valence electrons. The largest absolute Gasteiger partial charge is 0.471 e. The molecule has 2 aliphatic heterocycles. The average molecular weight is 322 g/mol. The SMILES string of the molecule is CC1C2CCC(CN1C(=O)OC(C)(C)C)N2C(=O)C(F)(F)F. The molecule has 5 nitrogen and oxygen atoms in total. The second kappa shape index (κ2) is 5.31. The summed E-state index contributed by atoms with van der Waals surface area (Å²) in [5.41, 5.74) is -0.672. The monoisotopic (exact) mass is 322 g/mol. The summed E-state index contributed by atoms with van der Waals surface area (Å²) in [6, 6.07) is -1.71. The van der Waals surface area contributed by atoms with E-state index in [1.165, 1.54) is 4.90 Å². The van der Waals surface area contributed by atoms with E-state index in [1.807, 2.05) is 0 Å². The van der Waals surface area contributed by atoms with Crippen molar-refractivity contribution in [2.75, 3.05) is 6.54 Å². The fraction of sp³-hybridized carbons (Fsp3) is 0.857. The summed E-state index contributed by atoms with van der Waals surface area (Å²) < 4.78 is 43.4. The fourth-order valence-electron chi connectivity index (χ4n) is 3.19. The molecular formula is C14H21F3N2O3. The molecule has 2 aliphatic rings. The zero-order chi connectivity index (χ0) is 16.9. The summed E-state index contributed by atoms with van der Waals surface area (Å²) in [7, 11) is 0. The second-order valence-electron chi connectivity index (χ2n) is 6.88. The second-order valence-corrected chi connectivity index (χ2v) is 6.88. The van der Waals surface area contributed by atoms with Gasteiger partial charge in [0.2, 0.25) is 0 Å². The van der Waals surface area contributed by atoms with Gasteiger partial charge in [-0.05, 0) is 40.5 Å². The van der Waals surface area contributed by atoms with Crippen LogP contribution in [0.25, 0.3) is 0 Å². The molecule has 0 aromatic heterocycles. The zero-order valence-corrected chi connectivity index (χ0v) is 13.1. The molecule has 3 atom stereocenters. The molecule has 0 aliphatic carbocycles. The van der Waals surface area contributed by atoms with Crippen LogP contribution >= 0.6 is 0 Å². The lowest BCUT2D eigenvalue weighted by atomic mass is 10.0. The Morgan fingerprint density at radius 3 is 2.23 bits per heavy atom. The van der Waals surface area contributed by atoms with Gasteiger partial charge in [-0.1, -0.05) is 0 Å². The molecule has 8 heteroatoms. The number of hydrogen-bond acceptors (Lipinski definition) is 3. The Balaban J connectivity index is 2.15. The number of hydrogen-bond donors (Lipinski definition) is 0. The summed E-state index contributed by atoms with van der Waals surface area (Å²) in [4.78, 5) is 26.1. The van der Waals surface area contributed by atoms with Crippen molar-refractivity contribution in [3.8, 4) is 0 Å². The highest BCUT2D eigenvalue weighted by molar-refractivity contribution is 5.83. The van der Waals surface area contributed by atoms with E-state index in [0.717, 1.165) is 4.90 Å².